The Bertz CT molecular complexity index is 539. The van der Waals surface area contributed by atoms with Crippen LogP contribution in [0.3, 0.4) is 0 Å². The van der Waals surface area contributed by atoms with E-state index in [4.69, 9.17) is 0 Å². The Morgan fingerprint density at radius 1 is 1.05 bits per heavy atom. The van der Waals surface area contributed by atoms with Crippen LogP contribution in [0, 0.1) is 28.6 Å². The fourth-order valence-corrected chi connectivity index (χ4v) is 6.20. The predicted molar refractivity (Wildman–Crippen MR) is 85.0 cm³/mol. The third kappa shape index (κ3) is 1.79. The maximum atomic E-state index is 10.8. The number of rotatable bonds is 0. The van der Waals surface area contributed by atoms with Crippen LogP contribution in [0.1, 0.15) is 46.0 Å². The molecule has 0 aromatic rings. The van der Waals surface area contributed by atoms with Gasteiger partial charge in [-0.05, 0) is 55.3 Å². The Kier molecular flexibility index (Phi) is 3.18. The SMILES string of the molecule is C[C@]12C=CC(O)CC1=CC(O)[C@@H]1[C@H]2CC[C@]2(C)C(O)CC[C@@H]12. The molecule has 4 rings (SSSR count). The Morgan fingerprint density at radius 2 is 1.82 bits per heavy atom. The molecule has 8 atom stereocenters. The summed E-state index contributed by atoms with van der Waals surface area (Å²) in [6.07, 6.45) is 9.74. The van der Waals surface area contributed by atoms with Gasteiger partial charge in [-0.2, -0.15) is 0 Å². The second kappa shape index (κ2) is 4.68. The summed E-state index contributed by atoms with van der Waals surface area (Å²) in [5.74, 6) is 1.07. The molecule has 0 aromatic heterocycles. The predicted octanol–water partition coefficient (Wildman–Crippen LogP) is 2.42. The van der Waals surface area contributed by atoms with Crippen molar-refractivity contribution in [2.24, 2.45) is 28.6 Å². The van der Waals surface area contributed by atoms with Gasteiger partial charge in [-0.15, -0.1) is 0 Å². The molecule has 0 aliphatic heterocycles. The summed E-state index contributed by atoms with van der Waals surface area (Å²) in [4.78, 5) is 0. The topological polar surface area (TPSA) is 60.7 Å². The van der Waals surface area contributed by atoms with Crippen LogP contribution < -0.4 is 0 Å². The lowest BCUT2D eigenvalue weighted by Crippen LogP contribution is -2.54. The van der Waals surface area contributed by atoms with E-state index in [1.165, 1.54) is 5.57 Å². The van der Waals surface area contributed by atoms with E-state index in [0.717, 1.165) is 25.7 Å². The summed E-state index contributed by atoms with van der Waals surface area (Å²) < 4.78 is 0. The summed E-state index contributed by atoms with van der Waals surface area (Å²) in [6, 6.07) is 0. The maximum absolute atomic E-state index is 10.8. The van der Waals surface area contributed by atoms with E-state index in [9.17, 15) is 15.3 Å². The van der Waals surface area contributed by atoms with Crippen molar-refractivity contribution in [2.75, 3.05) is 0 Å². The Balaban J connectivity index is 1.76. The lowest BCUT2D eigenvalue weighted by Gasteiger charge is -2.57. The van der Waals surface area contributed by atoms with E-state index in [1.807, 2.05) is 12.2 Å². The molecule has 4 aliphatic carbocycles. The fourth-order valence-electron chi connectivity index (χ4n) is 6.20. The zero-order chi connectivity index (χ0) is 15.7. The Morgan fingerprint density at radius 3 is 2.59 bits per heavy atom. The number of fused-ring (bicyclic) bond motifs is 5. The van der Waals surface area contributed by atoms with Crippen LogP contribution in [0.15, 0.2) is 23.8 Å². The Hall–Kier alpha value is -0.640. The highest BCUT2D eigenvalue weighted by Gasteiger charge is 2.59. The normalized spacial score (nSPS) is 56.9. The summed E-state index contributed by atoms with van der Waals surface area (Å²) >= 11 is 0. The number of hydrogen-bond donors (Lipinski definition) is 3. The van der Waals surface area contributed by atoms with E-state index < -0.39 is 12.2 Å². The first-order valence-electron chi connectivity index (χ1n) is 8.81. The van der Waals surface area contributed by atoms with Crippen LogP contribution in [-0.2, 0) is 0 Å². The number of aliphatic hydroxyl groups is 3. The second-order valence-corrected chi connectivity index (χ2v) is 8.52. The fraction of sp³-hybridized carbons (Fsp3) is 0.789. The van der Waals surface area contributed by atoms with E-state index >= 15 is 0 Å². The average Bonchev–Trinajstić information content (AvgIpc) is 2.77. The zero-order valence-corrected chi connectivity index (χ0v) is 13.6. The molecular formula is C19H28O3. The number of allylic oxidation sites excluding steroid dienone is 1. The average molecular weight is 304 g/mol. The highest BCUT2D eigenvalue weighted by atomic mass is 16.3. The van der Waals surface area contributed by atoms with Crippen molar-refractivity contribution >= 4 is 0 Å². The molecule has 0 heterocycles. The molecule has 3 heteroatoms. The van der Waals surface area contributed by atoms with Crippen molar-refractivity contribution in [3.8, 4) is 0 Å². The largest absolute Gasteiger partial charge is 0.393 e. The van der Waals surface area contributed by atoms with E-state index in [-0.39, 0.29) is 22.9 Å². The van der Waals surface area contributed by atoms with E-state index in [0.29, 0.717) is 18.3 Å². The van der Waals surface area contributed by atoms with Crippen molar-refractivity contribution in [3.63, 3.8) is 0 Å². The molecule has 3 nitrogen and oxygen atoms in total. The highest BCUT2D eigenvalue weighted by Crippen LogP contribution is 2.63. The maximum Gasteiger partial charge on any atom is 0.0758 e. The van der Waals surface area contributed by atoms with Gasteiger partial charge in [0.05, 0.1) is 18.3 Å². The van der Waals surface area contributed by atoms with Crippen molar-refractivity contribution in [2.45, 2.75) is 64.3 Å². The molecule has 2 saturated carbocycles. The number of aliphatic hydroxyl groups excluding tert-OH is 3. The van der Waals surface area contributed by atoms with Crippen molar-refractivity contribution in [3.05, 3.63) is 23.8 Å². The molecule has 0 aromatic carbocycles. The smallest absolute Gasteiger partial charge is 0.0758 e. The molecule has 3 unspecified atom stereocenters. The van der Waals surface area contributed by atoms with Gasteiger partial charge in [0.15, 0.2) is 0 Å². The van der Waals surface area contributed by atoms with Gasteiger partial charge in [-0.25, -0.2) is 0 Å². The van der Waals surface area contributed by atoms with Crippen LogP contribution in [0.2, 0.25) is 0 Å². The van der Waals surface area contributed by atoms with Gasteiger partial charge in [0.25, 0.3) is 0 Å². The van der Waals surface area contributed by atoms with Crippen molar-refractivity contribution in [1.82, 2.24) is 0 Å². The third-order valence-electron chi connectivity index (χ3n) is 7.60. The minimum absolute atomic E-state index is 0.0260. The van der Waals surface area contributed by atoms with Crippen molar-refractivity contribution in [1.29, 1.82) is 0 Å². The number of hydrogen-bond acceptors (Lipinski definition) is 3. The van der Waals surface area contributed by atoms with E-state index in [1.54, 1.807) is 0 Å². The van der Waals surface area contributed by atoms with Gasteiger partial charge in [0, 0.05) is 5.41 Å². The lowest BCUT2D eigenvalue weighted by molar-refractivity contribution is -0.0907. The molecule has 0 spiro atoms. The molecule has 122 valence electrons. The molecule has 0 bridgehead atoms. The molecular weight excluding hydrogens is 276 g/mol. The summed E-state index contributed by atoms with van der Waals surface area (Å²) in [5.41, 5.74) is 1.15. The van der Waals surface area contributed by atoms with Gasteiger partial charge in [0.1, 0.15) is 0 Å². The van der Waals surface area contributed by atoms with Gasteiger partial charge in [0.2, 0.25) is 0 Å². The molecule has 3 N–H and O–H groups in total. The monoisotopic (exact) mass is 304 g/mol. The van der Waals surface area contributed by atoms with Crippen molar-refractivity contribution < 1.29 is 15.3 Å². The van der Waals surface area contributed by atoms with E-state index in [2.05, 4.69) is 19.9 Å². The summed E-state index contributed by atoms with van der Waals surface area (Å²) in [7, 11) is 0. The van der Waals surface area contributed by atoms with Gasteiger partial charge in [-0.1, -0.05) is 37.6 Å². The molecule has 2 fully saturated rings. The highest BCUT2D eigenvalue weighted by molar-refractivity contribution is 5.34. The van der Waals surface area contributed by atoms with Crippen LogP contribution in [-0.4, -0.2) is 33.6 Å². The quantitative estimate of drug-likeness (QED) is 0.602. The Labute approximate surface area is 132 Å². The van der Waals surface area contributed by atoms with Gasteiger partial charge >= 0.3 is 0 Å². The summed E-state index contributed by atoms with van der Waals surface area (Å²) in [5, 5.41) is 31.2. The first-order valence-corrected chi connectivity index (χ1v) is 8.81. The van der Waals surface area contributed by atoms with Gasteiger partial charge < -0.3 is 15.3 Å². The second-order valence-electron chi connectivity index (χ2n) is 8.52. The van der Waals surface area contributed by atoms with Gasteiger partial charge in [-0.3, -0.25) is 0 Å². The van der Waals surface area contributed by atoms with Crippen LogP contribution in [0.25, 0.3) is 0 Å². The zero-order valence-electron chi connectivity index (χ0n) is 13.6. The first-order chi connectivity index (χ1) is 10.4. The molecule has 0 radical (unpaired) electrons. The van der Waals surface area contributed by atoms with Crippen LogP contribution >= 0.6 is 0 Å². The minimum Gasteiger partial charge on any atom is -0.393 e. The van der Waals surface area contributed by atoms with Crippen LogP contribution in [0.5, 0.6) is 0 Å². The molecule has 0 saturated heterocycles. The molecule has 0 amide bonds. The molecule has 4 aliphatic rings. The third-order valence-corrected chi connectivity index (χ3v) is 7.60. The first kappa shape index (κ1) is 14.9. The van der Waals surface area contributed by atoms with Crippen LogP contribution in [0.4, 0.5) is 0 Å². The summed E-state index contributed by atoms with van der Waals surface area (Å²) in [6.45, 7) is 4.50. The standard InChI is InChI=1S/C19H28O3/c1-18-7-5-12(20)9-11(18)10-15(21)17-13-3-4-16(22)19(13,2)8-6-14(17)18/h5,7,10,12-17,20-22H,3-4,6,8-9H2,1-2H3/t12?,13-,14+,15?,16?,17-,18-,19-/m0/s1. The lowest BCUT2D eigenvalue weighted by atomic mass is 9.48. The minimum atomic E-state index is -0.429. The molecule has 22 heavy (non-hydrogen) atoms.